The number of rotatable bonds is 6. The molecule has 0 unspecified atom stereocenters. The van der Waals surface area contributed by atoms with Gasteiger partial charge in [0.1, 0.15) is 10.8 Å². The minimum Gasteiger partial charge on any atom is -0.496 e. The number of nitrogens with zero attached hydrogens (tertiary/aromatic N) is 1. The molecule has 0 aliphatic rings. The summed E-state index contributed by atoms with van der Waals surface area (Å²) in [7, 11) is 1.67. The van der Waals surface area contributed by atoms with Crippen LogP contribution >= 0.6 is 27.3 Å². The van der Waals surface area contributed by atoms with Crippen molar-refractivity contribution < 1.29 is 4.74 Å². The van der Waals surface area contributed by atoms with E-state index in [9.17, 15) is 0 Å². The van der Waals surface area contributed by atoms with E-state index in [1.54, 1.807) is 18.4 Å². The predicted octanol–water partition coefficient (Wildman–Crippen LogP) is 4.64. The maximum atomic E-state index is 5.28. The molecule has 21 heavy (non-hydrogen) atoms. The third-order valence-electron chi connectivity index (χ3n) is 3.18. The number of benzene rings is 1. The molecule has 2 rings (SSSR count). The van der Waals surface area contributed by atoms with Gasteiger partial charge >= 0.3 is 0 Å². The first-order valence-corrected chi connectivity index (χ1v) is 8.72. The Morgan fingerprint density at radius 2 is 2.14 bits per heavy atom. The first-order chi connectivity index (χ1) is 10.0. The van der Waals surface area contributed by atoms with Gasteiger partial charge in [-0.25, -0.2) is 4.98 Å². The fourth-order valence-electron chi connectivity index (χ4n) is 2.02. The monoisotopic (exact) mass is 368 g/mol. The molecular weight excluding hydrogens is 348 g/mol. The van der Waals surface area contributed by atoms with Crippen LogP contribution < -0.4 is 10.1 Å². The molecule has 114 valence electrons. The average molecular weight is 369 g/mol. The number of hydrogen-bond acceptors (Lipinski definition) is 4. The molecule has 5 heteroatoms. The fourth-order valence-corrected chi connectivity index (χ4v) is 3.66. The van der Waals surface area contributed by atoms with Gasteiger partial charge in [0.15, 0.2) is 0 Å². The van der Waals surface area contributed by atoms with Crippen LogP contribution in [0.15, 0.2) is 22.7 Å². The number of nitrogens with one attached hydrogen (secondary N) is 1. The Kier molecular flexibility index (Phi) is 5.79. The molecule has 0 fully saturated rings. The van der Waals surface area contributed by atoms with Crippen molar-refractivity contribution in [2.24, 2.45) is 0 Å². The molecule has 0 bridgehead atoms. The Hall–Kier alpha value is -0.910. The second-order valence-corrected chi connectivity index (χ2v) is 7.07. The van der Waals surface area contributed by atoms with Gasteiger partial charge in [-0.2, -0.15) is 0 Å². The zero-order valence-corrected chi connectivity index (χ0v) is 15.3. The smallest absolute Gasteiger partial charge is 0.133 e. The SMILES string of the molecule is CCc1nc(-c2ccc(OC)c(Br)c2)sc1CNC(C)C. The largest absolute Gasteiger partial charge is 0.496 e. The van der Waals surface area contributed by atoms with Gasteiger partial charge in [0.2, 0.25) is 0 Å². The molecule has 3 nitrogen and oxygen atoms in total. The molecule has 1 aromatic carbocycles. The molecule has 0 saturated heterocycles. The van der Waals surface area contributed by atoms with E-state index in [1.165, 1.54) is 10.6 Å². The third-order valence-corrected chi connectivity index (χ3v) is 4.95. The standard InChI is InChI=1S/C16H21BrN2OS/c1-5-13-15(9-18-10(2)3)21-16(19-13)11-6-7-14(20-4)12(17)8-11/h6-8,10,18H,5,9H2,1-4H3. The second-order valence-electron chi connectivity index (χ2n) is 5.13. The van der Waals surface area contributed by atoms with E-state index in [2.05, 4.69) is 54.2 Å². The molecule has 0 amide bonds. The number of halogens is 1. The van der Waals surface area contributed by atoms with E-state index in [4.69, 9.17) is 9.72 Å². The van der Waals surface area contributed by atoms with Gasteiger partial charge in [0.25, 0.3) is 0 Å². The first-order valence-electron chi connectivity index (χ1n) is 7.11. The average Bonchev–Trinajstić information content (AvgIpc) is 2.88. The molecule has 1 N–H and O–H groups in total. The van der Waals surface area contributed by atoms with Crippen molar-refractivity contribution in [3.05, 3.63) is 33.2 Å². The van der Waals surface area contributed by atoms with Gasteiger partial charge < -0.3 is 10.1 Å². The lowest BCUT2D eigenvalue weighted by Gasteiger charge is -2.06. The van der Waals surface area contributed by atoms with E-state index in [0.717, 1.165) is 33.8 Å². The highest BCUT2D eigenvalue weighted by atomic mass is 79.9. The first kappa shape index (κ1) is 16.5. The maximum absolute atomic E-state index is 5.28. The summed E-state index contributed by atoms with van der Waals surface area (Å²) in [6, 6.07) is 6.58. The number of aryl methyl sites for hydroxylation is 1. The molecule has 0 radical (unpaired) electrons. The van der Waals surface area contributed by atoms with E-state index in [-0.39, 0.29) is 0 Å². The summed E-state index contributed by atoms with van der Waals surface area (Å²) < 4.78 is 6.23. The van der Waals surface area contributed by atoms with Crippen LogP contribution in [0.5, 0.6) is 5.75 Å². The van der Waals surface area contributed by atoms with Crippen molar-refractivity contribution in [2.75, 3.05) is 7.11 Å². The summed E-state index contributed by atoms with van der Waals surface area (Å²) in [6.45, 7) is 7.36. The van der Waals surface area contributed by atoms with Crippen molar-refractivity contribution in [2.45, 2.75) is 39.8 Å². The van der Waals surface area contributed by atoms with Gasteiger partial charge in [-0.3, -0.25) is 0 Å². The van der Waals surface area contributed by atoms with E-state index >= 15 is 0 Å². The number of aromatic nitrogens is 1. The summed E-state index contributed by atoms with van der Waals surface area (Å²) in [5, 5.41) is 4.54. The van der Waals surface area contributed by atoms with Crippen molar-refractivity contribution in [3.63, 3.8) is 0 Å². The Morgan fingerprint density at radius 1 is 1.38 bits per heavy atom. The number of thiazole rings is 1. The van der Waals surface area contributed by atoms with Crippen LogP contribution in [0.4, 0.5) is 0 Å². The summed E-state index contributed by atoms with van der Waals surface area (Å²) in [4.78, 5) is 6.12. The van der Waals surface area contributed by atoms with Crippen LogP contribution in [-0.2, 0) is 13.0 Å². The third kappa shape index (κ3) is 4.05. The van der Waals surface area contributed by atoms with Crippen LogP contribution in [0.3, 0.4) is 0 Å². The van der Waals surface area contributed by atoms with Crippen LogP contribution in [0.25, 0.3) is 10.6 Å². The molecule has 0 atom stereocenters. The zero-order valence-electron chi connectivity index (χ0n) is 12.9. The fraction of sp³-hybridized carbons (Fsp3) is 0.438. The lowest BCUT2D eigenvalue weighted by atomic mass is 10.2. The van der Waals surface area contributed by atoms with Crippen LogP contribution in [0.1, 0.15) is 31.3 Å². The lowest BCUT2D eigenvalue weighted by Crippen LogP contribution is -2.21. The summed E-state index contributed by atoms with van der Waals surface area (Å²) in [5.74, 6) is 0.840. The quantitative estimate of drug-likeness (QED) is 0.805. The maximum Gasteiger partial charge on any atom is 0.133 e. The second kappa shape index (κ2) is 7.38. The van der Waals surface area contributed by atoms with E-state index in [1.807, 2.05) is 6.07 Å². The molecule has 1 heterocycles. The molecule has 1 aromatic heterocycles. The highest BCUT2D eigenvalue weighted by molar-refractivity contribution is 9.10. The number of ether oxygens (including phenoxy) is 1. The highest BCUT2D eigenvalue weighted by Crippen LogP contribution is 2.33. The van der Waals surface area contributed by atoms with Gasteiger partial charge in [-0.15, -0.1) is 11.3 Å². The molecule has 0 aliphatic heterocycles. The number of hydrogen-bond donors (Lipinski definition) is 1. The predicted molar refractivity (Wildman–Crippen MR) is 93.2 cm³/mol. The van der Waals surface area contributed by atoms with Gasteiger partial charge in [-0.05, 0) is 40.5 Å². The van der Waals surface area contributed by atoms with Gasteiger partial charge in [0.05, 0.1) is 17.3 Å². The topological polar surface area (TPSA) is 34.1 Å². The zero-order chi connectivity index (χ0) is 15.4. The highest BCUT2D eigenvalue weighted by Gasteiger charge is 2.13. The summed E-state index contributed by atoms with van der Waals surface area (Å²) in [6.07, 6.45) is 0.961. The van der Waals surface area contributed by atoms with E-state index < -0.39 is 0 Å². The van der Waals surface area contributed by atoms with Crippen molar-refractivity contribution in [3.8, 4) is 16.3 Å². The molecule has 0 saturated carbocycles. The Morgan fingerprint density at radius 3 is 2.71 bits per heavy atom. The Labute approximate surface area is 138 Å². The van der Waals surface area contributed by atoms with Crippen LogP contribution in [0.2, 0.25) is 0 Å². The minimum absolute atomic E-state index is 0.482. The summed E-state index contributed by atoms with van der Waals surface area (Å²) in [5.41, 5.74) is 2.31. The van der Waals surface area contributed by atoms with Crippen LogP contribution in [0, 0.1) is 0 Å². The molecule has 2 aromatic rings. The molecular formula is C16H21BrN2OS. The molecule has 0 aliphatic carbocycles. The van der Waals surface area contributed by atoms with Crippen molar-refractivity contribution in [1.29, 1.82) is 0 Å². The van der Waals surface area contributed by atoms with Gasteiger partial charge in [-0.1, -0.05) is 20.8 Å². The Bertz CT molecular complexity index is 610. The minimum atomic E-state index is 0.482. The van der Waals surface area contributed by atoms with E-state index in [0.29, 0.717) is 6.04 Å². The lowest BCUT2D eigenvalue weighted by molar-refractivity contribution is 0.412. The van der Waals surface area contributed by atoms with Gasteiger partial charge in [0, 0.05) is 23.0 Å². The Balaban J connectivity index is 2.29. The van der Waals surface area contributed by atoms with Crippen molar-refractivity contribution in [1.82, 2.24) is 10.3 Å². The van der Waals surface area contributed by atoms with Crippen LogP contribution in [-0.4, -0.2) is 18.1 Å². The molecule has 0 spiro atoms. The normalized spacial score (nSPS) is 11.1. The number of methoxy groups -OCH3 is 1. The summed E-state index contributed by atoms with van der Waals surface area (Å²) >= 11 is 5.30. The van der Waals surface area contributed by atoms with Crippen molar-refractivity contribution >= 4 is 27.3 Å².